The van der Waals surface area contributed by atoms with Crippen molar-refractivity contribution in [1.29, 1.82) is 0 Å². The van der Waals surface area contributed by atoms with Gasteiger partial charge in [-0.05, 0) is 29.8 Å². The Balaban J connectivity index is 0.00000264. The normalized spacial score (nSPS) is 9.78. The lowest BCUT2D eigenvalue weighted by molar-refractivity contribution is -0.119. The van der Waals surface area contributed by atoms with Crippen molar-refractivity contribution in [3.8, 4) is 11.5 Å². The summed E-state index contributed by atoms with van der Waals surface area (Å²) in [5.74, 6) is 0.538. The zero-order valence-electron chi connectivity index (χ0n) is 12.8. The fraction of sp³-hybridized carbons (Fsp3) is 0.250. The first-order valence-electron chi connectivity index (χ1n) is 6.87. The molecule has 0 atom stereocenters. The number of hydrogen-bond donors (Lipinski definition) is 2. The molecule has 0 saturated heterocycles. The van der Waals surface area contributed by atoms with Gasteiger partial charge in [-0.15, -0.1) is 0 Å². The van der Waals surface area contributed by atoms with Crippen LogP contribution in [0.25, 0.3) is 0 Å². The fourth-order valence-corrected chi connectivity index (χ4v) is 1.93. The number of methoxy groups -OCH3 is 1. The van der Waals surface area contributed by atoms with Gasteiger partial charge < -0.3 is 32.9 Å². The van der Waals surface area contributed by atoms with Crippen LogP contribution in [0.2, 0.25) is 0 Å². The minimum Gasteiger partial charge on any atom is -1.00 e. The van der Waals surface area contributed by atoms with Crippen molar-refractivity contribution in [2.75, 3.05) is 13.7 Å². The van der Waals surface area contributed by atoms with Crippen molar-refractivity contribution in [2.24, 2.45) is 5.73 Å². The molecule has 1 heterocycles. The van der Waals surface area contributed by atoms with E-state index in [1.807, 2.05) is 30.3 Å². The number of primary amides is 1. The highest BCUT2D eigenvalue weighted by Gasteiger charge is 2.07. The Morgan fingerprint density at radius 2 is 2.04 bits per heavy atom. The molecule has 7 heteroatoms. The predicted octanol–water partition coefficient (Wildman–Crippen LogP) is -1.75. The maximum absolute atomic E-state index is 10.8. The van der Waals surface area contributed by atoms with E-state index in [2.05, 4.69) is 10.3 Å². The molecule has 0 aliphatic carbocycles. The zero-order chi connectivity index (χ0) is 15.8. The molecule has 0 aliphatic rings. The summed E-state index contributed by atoms with van der Waals surface area (Å²) in [5, 5.41) is 3.31. The number of amides is 1. The first-order chi connectivity index (χ1) is 10.7. The Hall–Kier alpha value is -2.31. The highest BCUT2D eigenvalue weighted by Crippen LogP contribution is 2.27. The van der Waals surface area contributed by atoms with Crippen LogP contribution in [0.15, 0.2) is 42.6 Å². The highest BCUT2D eigenvalue weighted by molar-refractivity contribution is 5.75. The number of aromatic nitrogens is 1. The average molecular weight is 337 g/mol. The van der Waals surface area contributed by atoms with E-state index in [4.69, 9.17) is 15.2 Å². The maximum atomic E-state index is 10.8. The van der Waals surface area contributed by atoms with Crippen LogP contribution >= 0.6 is 0 Å². The Morgan fingerprint density at radius 1 is 1.22 bits per heavy atom. The van der Waals surface area contributed by atoms with Gasteiger partial charge in [0.2, 0.25) is 0 Å². The molecule has 0 unspecified atom stereocenters. The van der Waals surface area contributed by atoms with Crippen molar-refractivity contribution in [2.45, 2.75) is 13.1 Å². The number of hydrogen-bond acceptors (Lipinski definition) is 5. The van der Waals surface area contributed by atoms with Crippen LogP contribution in [0.5, 0.6) is 11.5 Å². The van der Waals surface area contributed by atoms with Gasteiger partial charge in [0.1, 0.15) is 0 Å². The molecule has 0 radical (unpaired) electrons. The summed E-state index contributed by atoms with van der Waals surface area (Å²) < 4.78 is 10.6. The average Bonchev–Trinajstić information content (AvgIpc) is 2.54. The van der Waals surface area contributed by atoms with E-state index in [0.717, 1.165) is 11.3 Å². The van der Waals surface area contributed by atoms with E-state index in [1.54, 1.807) is 19.4 Å². The number of pyridine rings is 1. The molecule has 1 aromatic carbocycles. The van der Waals surface area contributed by atoms with Crippen molar-refractivity contribution >= 4 is 5.91 Å². The molecular weight excluding hydrogens is 318 g/mol. The monoisotopic (exact) mass is 336 g/mol. The number of carbonyl (C=O) groups is 1. The minimum atomic E-state index is -0.525. The number of ether oxygens (including phenoxy) is 2. The summed E-state index contributed by atoms with van der Waals surface area (Å²) in [4.78, 5) is 15.0. The van der Waals surface area contributed by atoms with Crippen LogP contribution in [-0.4, -0.2) is 24.6 Å². The minimum absolute atomic E-state index is 0. The maximum Gasteiger partial charge on any atom is 0.255 e. The van der Waals surface area contributed by atoms with Crippen LogP contribution in [0.4, 0.5) is 0 Å². The van der Waals surface area contributed by atoms with Crippen molar-refractivity contribution < 1.29 is 26.7 Å². The molecule has 6 nitrogen and oxygen atoms in total. The third-order valence-electron chi connectivity index (χ3n) is 2.96. The lowest BCUT2D eigenvalue weighted by Crippen LogP contribution is -3.00. The van der Waals surface area contributed by atoms with Crippen LogP contribution in [0.3, 0.4) is 0 Å². The quantitative estimate of drug-likeness (QED) is 0.597. The zero-order valence-corrected chi connectivity index (χ0v) is 13.5. The molecule has 124 valence electrons. The van der Waals surface area contributed by atoms with Gasteiger partial charge in [0.25, 0.3) is 5.91 Å². The SMILES string of the molecule is COc1cc(CNCc2ccccn2)ccc1OCC(N)=O.[Cl-]. The topological polar surface area (TPSA) is 86.5 Å². The van der Waals surface area contributed by atoms with Crippen molar-refractivity contribution in [3.63, 3.8) is 0 Å². The number of benzene rings is 1. The van der Waals surface area contributed by atoms with Gasteiger partial charge in [-0.1, -0.05) is 12.1 Å². The van der Waals surface area contributed by atoms with Gasteiger partial charge in [-0.25, -0.2) is 0 Å². The molecule has 1 amide bonds. The molecule has 0 aliphatic heterocycles. The number of carbonyl (C=O) groups excluding carboxylic acids is 1. The molecule has 23 heavy (non-hydrogen) atoms. The largest absolute Gasteiger partial charge is 1.00 e. The third kappa shape index (κ3) is 6.14. The summed E-state index contributed by atoms with van der Waals surface area (Å²) in [7, 11) is 1.55. The Labute approximate surface area is 141 Å². The Morgan fingerprint density at radius 3 is 2.70 bits per heavy atom. The number of nitrogens with two attached hydrogens (primary N) is 1. The molecular formula is C16H19ClN3O3-. The summed E-state index contributed by atoms with van der Waals surface area (Å²) >= 11 is 0. The van der Waals surface area contributed by atoms with Crippen LogP contribution < -0.4 is 32.9 Å². The number of nitrogens with zero attached hydrogens (tertiary/aromatic N) is 1. The fourth-order valence-electron chi connectivity index (χ4n) is 1.93. The molecule has 2 rings (SSSR count). The molecule has 1 aromatic heterocycles. The summed E-state index contributed by atoms with van der Waals surface area (Å²) in [5.41, 5.74) is 7.09. The third-order valence-corrected chi connectivity index (χ3v) is 2.96. The lowest BCUT2D eigenvalue weighted by atomic mass is 10.2. The van der Waals surface area contributed by atoms with Gasteiger partial charge >= 0.3 is 0 Å². The highest BCUT2D eigenvalue weighted by atomic mass is 35.5. The van der Waals surface area contributed by atoms with Crippen molar-refractivity contribution in [3.05, 3.63) is 53.9 Å². The first kappa shape index (κ1) is 18.7. The second kappa shape index (κ2) is 9.66. The molecule has 0 bridgehead atoms. The van der Waals surface area contributed by atoms with E-state index >= 15 is 0 Å². The van der Waals surface area contributed by atoms with E-state index in [-0.39, 0.29) is 19.0 Å². The van der Waals surface area contributed by atoms with Gasteiger partial charge in [0.05, 0.1) is 12.8 Å². The molecule has 0 spiro atoms. The van der Waals surface area contributed by atoms with E-state index in [1.165, 1.54) is 0 Å². The number of nitrogens with one attached hydrogen (secondary N) is 1. The smallest absolute Gasteiger partial charge is 0.255 e. The van der Waals surface area contributed by atoms with E-state index in [9.17, 15) is 4.79 Å². The van der Waals surface area contributed by atoms with Crippen molar-refractivity contribution in [1.82, 2.24) is 10.3 Å². The Bertz CT molecular complexity index is 623. The standard InChI is InChI=1S/C16H19N3O3.ClH/c1-21-15-8-12(5-6-14(15)22-11-16(17)20)9-18-10-13-4-2-3-7-19-13;/h2-8,18H,9-11H2,1H3,(H2,17,20);1H/p-1. The van der Waals surface area contributed by atoms with Gasteiger partial charge in [0.15, 0.2) is 18.1 Å². The van der Waals surface area contributed by atoms with E-state index in [0.29, 0.717) is 24.6 Å². The van der Waals surface area contributed by atoms with Gasteiger partial charge in [0, 0.05) is 19.3 Å². The van der Waals surface area contributed by atoms with Gasteiger partial charge in [-0.2, -0.15) is 0 Å². The van der Waals surface area contributed by atoms with Crippen LogP contribution in [0, 0.1) is 0 Å². The van der Waals surface area contributed by atoms with Crippen LogP contribution in [0.1, 0.15) is 11.3 Å². The van der Waals surface area contributed by atoms with E-state index < -0.39 is 5.91 Å². The second-order valence-corrected chi connectivity index (χ2v) is 4.66. The van der Waals surface area contributed by atoms with Gasteiger partial charge in [-0.3, -0.25) is 9.78 Å². The number of rotatable bonds is 8. The molecule has 0 fully saturated rings. The molecule has 3 N–H and O–H groups in total. The summed E-state index contributed by atoms with van der Waals surface area (Å²) in [6.07, 6.45) is 1.77. The second-order valence-electron chi connectivity index (χ2n) is 4.66. The molecule has 2 aromatic rings. The Kier molecular flexibility index (Phi) is 7.87. The predicted molar refractivity (Wildman–Crippen MR) is 82.5 cm³/mol. The molecule has 0 saturated carbocycles. The summed E-state index contributed by atoms with van der Waals surface area (Å²) in [6, 6.07) is 11.3. The lowest BCUT2D eigenvalue weighted by Gasteiger charge is -2.11. The summed E-state index contributed by atoms with van der Waals surface area (Å²) in [6.45, 7) is 1.18. The first-order valence-corrected chi connectivity index (χ1v) is 6.87. The van der Waals surface area contributed by atoms with Crippen LogP contribution in [-0.2, 0) is 17.9 Å². The number of halogens is 1.